The van der Waals surface area contributed by atoms with Gasteiger partial charge in [0.1, 0.15) is 11.4 Å². The molecule has 2 amide bonds. The number of hydrogen-bond donors (Lipinski definition) is 2. The van der Waals surface area contributed by atoms with Crippen molar-refractivity contribution in [1.29, 1.82) is 0 Å². The number of amides is 2. The van der Waals surface area contributed by atoms with Crippen molar-refractivity contribution in [2.45, 2.75) is 19.4 Å². The average Bonchev–Trinajstić information content (AvgIpc) is 2.70. The first-order valence-electron chi connectivity index (χ1n) is 8.98. The van der Waals surface area contributed by atoms with Gasteiger partial charge in [-0.25, -0.2) is 10.4 Å². The molecule has 2 heterocycles. The van der Waals surface area contributed by atoms with E-state index in [-0.39, 0.29) is 11.4 Å². The number of pyridine rings is 1. The van der Waals surface area contributed by atoms with Gasteiger partial charge >= 0.3 is 0 Å². The zero-order valence-corrected chi connectivity index (χ0v) is 15.0. The molecule has 1 saturated heterocycles. The van der Waals surface area contributed by atoms with Crippen molar-refractivity contribution < 1.29 is 9.59 Å². The van der Waals surface area contributed by atoms with E-state index < -0.39 is 11.8 Å². The van der Waals surface area contributed by atoms with Crippen molar-refractivity contribution in [2.24, 2.45) is 16.8 Å². The normalized spacial score (nSPS) is 15.7. The number of nitrogens with one attached hydrogen (secondary N) is 1. The Morgan fingerprint density at radius 2 is 1.81 bits per heavy atom. The van der Waals surface area contributed by atoms with E-state index in [1.54, 1.807) is 12.3 Å². The Morgan fingerprint density at radius 3 is 2.52 bits per heavy atom. The number of piperidine rings is 1. The number of carbonyl (C=O) groups excluding carboxylic acids is 2. The van der Waals surface area contributed by atoms with E-state index in [0.29, 0.717) is 5.92 Å². The number of likely N-dealkylation sites (tertiary alicyclic amines) is 1. The maximum atomic E-state index is 12.1. The van der Waals surface area contributed by atoms with E-state index in [1.165, 1.54) is 17.7 Å². The van der Waals surface area contributed by atoms with Crippen LogP contribution in [0.1, 0.15) is 39.4 Å². The van der Waals surface area contributed by atoms with E-state index in [1.807, 2.05) is 6.07 Å². The zero-order valence-electron chi connectivity index (χ0n) is 15.0. The van der Waals surface area contributed by atoms with Gasteiger partial charge < -0.3 is 5.73 Å². The van der Waals surface area contributed by atoms with Crippen LogP contribution in [0.5, 0.6) is 0 Å². The van der Waals surface area contributed by atoms with Gasteiger partial charge in [0.25, 0.3) is 11.8 Å². The number of carbonyl (C=O) groups is 2. The van der Waals surface area contributed by atoms with Gasteiger partial charge in [0.05, 0.1) is 0 Å². The summed E-state index contributed by atoms with van der Waals surface area (Å²) in [4.78, 5) is 29.5. The summed E-state index contributed by atoms with van der Waals surface area (Å²) in [6.07, 6.45) is 3.79. The highest BCUT2D eigenvalue weighted by Gasteiger charge is 2.18. The van der Waals surface area contributed by atoms with Crippen LogP contribution < -0.4 is 11.2 Å². The fourth-order valence-corrected chi connectivity index (χ4v) is 3.06. The van der Waals surface area contributed by atoms with Gasteiger partial charge in [0, 0.05) is 12.8 Å². The molecule has 1 aliphatic rings. The molecule has 0 aliphatic carbocycles. The predicted molar refractivity (Wildman–Crippen MR) is 103 cm³/mol. The van der Waals surface area contributed by atoms with Crippen molar-refractivity contribution in [2.75, 3.05) is 13.1 Å². The van der Waals surface area contributed by atoms with Crippen LogP contribution in [0, 0.1) is 5.92 Å². The van der Waals surface area contributed by atoms with Gasteiger partial charge in [-0.2, -0.15) is 5.10 Å². The maximum absolute atomic E-state index is 12.1. The molecular weight excluding hydrogens is 342 g/mol. The Morgan fingerprint density at radius 1 is 1.11 bits per heavy atom. The lowest BCUT2D eigenvalue weighted by Gasteiger charge is -2.30. The van der Waals surface area contributed by atoms with Crippen LogP contribution in [-0.2, 0) is 6.54 Å². The largest absolute Gasteiger partial charge is 0.364 e. The second kappa shape index (κ2) is 9.05. The molecule has 0 spiro atoms. The standard InChI is InChI=1S/C20H23N5O2/c21-19(26)17-7-4-8-18(23-17)20(27)24-22-13-15-9-11-25(12-10-15)14-16-5-2-1-3-6-16/h1-8,13,15H,9-12,14H2,(H2,21,26)(H,24,27)/b22-13+. The van der Waals surface area contributed by atoms with Crippen LogP contribution in [0.4, 0.5) is 0 Å². The van der Waals surface area contributed by atoms with Crippen LogP contribution in [-0.4, -0.2) is 41.0 Å². The van der Waals surface area contributed by atoms with Crippen molar-refractivity contribution in [1.82, 2.24) is 15.3 Å². The second-order valence-electron chi connectivity index (χ2n) is 6.59. The Kier molecular flexibility index (Phi) is 6.27. The second-order valence-corrected chi connectivity index (χ2v) is 6.59. The zero-order chi connectivity index (χ0) is 19.1. The number of rotatable bonds is 6. The van der Waals surface area contributed by atoms with Crippen molar-refractivity contribution in [3.63, 3.8) is 0 Å². The minimum atomic E-state index is -0.671. The Labute approximate surface area is 158 Å². The summed E-state index contributed by atoms with van der Waals surface area (Å²) < 4.78 is 0. The van der Waals surface area contributed by atoms with Gasteiger partial charge in [-0.05, 0) is 49.5 Å². The number of aromatic nitrogens is 1. The lowest BCUT2D eigenvalue weighted by Crippen LogP contribution is -2.34. The molecule has 7 nitrogen and oxygen atoms in total. The summed E-state index contributed by atoms with van der Waals surface area (Å²) in [5, 5.41) is 4.06. The number of hydrazone groups is 1. The summed E-state index contributed by atoms with van der Waals surface area (Å²) in [6, 6.07) is 15.0. The van der Waals surface area contributed by atoms with Crippen LogP contribution in [0.3, 0.4) is 0 Å². The Balaban J connectivity index is 1.45. The Hall–Kier alpha value is -3.06. The van der Waals surface area contributed by atoms with E-state index in [0.717, 1.165) is 32.5 Å². The van der Waals surface area contributed by atoms with Crippen LogP contribution in [0.2, 0.25) is 0 Å². The molecule has 140 valence electrons. The van der Waals surface area contributed by atoms with Crippen molar-refractivity contribution in [3.8, 4) is 0 Å². The molecule has 3 N–H and O–H groups in total. The number of nitrogens with two attached hydrogens (primary N) is 1. The fraction of sp³-hybridized carbons (Fsp3) is 0.300. The summed E-state index contributed by atoms with van der Waals surface area (Å²) in [5.74, 6) is -0.798. The van der Waals surface area contributed by atoms with Gasteiger partial charge in [0.15, 0.2) is 0 Å². The monoisotopic (exact) mass is 365 g/mol. The quantitative estimate of drug-likeness (QED) is 0.602. The minimum Gasteiger partial charge on any atom is -0.364 e. The number of benzene rings is 1. The summed E-state index contributed by atoms with van der Waals surface area (Å²) in [5.41, 5.74) is 9.13. The van der Waals surface area contributed by atoms with Crippen LogP contribution in [0.25, 0.3) is 0 Å². The number of nitrogens with zero attached hydrogens (tertiary/aromatic N) is 3. The Bertz CT molecular complexity index is 814. The van der Waals surface area contributed by atoms with Crippen molar-refractivity contribution in [3.05, 3.63) is 65.5 Å². The molecule has 1 aliphatic heterocycles. The lowest BCUT2D eigenvalue weighted by molar-refractivity contribution is 0.0949. The molecule has 7 heteroatoms. The molecule has 27 heavy (non-hydrogen) atoms. The SMILES string of the molecule is NC(=O)c1cccc(C(=O)N/N=C/C2CCN(Cc3ccccc3)CC2)n1. The first kappa shape index (κ1) is 18.7. The van der Waals surface area contributed by atoms with E-state index in [2.05, 4.69) is 44.7 Å². The summed E-state index contributed by atoms with van der Waals surface area (Å²) in [6.45, 7) is 2.97. The van der Waals surface area contributed by atoms with Crippen molar-refractivity contribution >= 4 is 18.0 Å². The molecule has 0 atom stereocenters. The van der Waals surface area contributed by atoms with Crippen LogP contribution >= 0.6 is 0 Å². The molecule has 0 radical (unpaired) electrons. The van der Waals surface area contributed by atoms with Gasteiger partial charge in [-0.3, -0.25) is 14.5 Å². The molecule has 0 bridgehead atoms. The minimum absolute atomic E-state index is 0.0532. The fourth-order valence-electron chi connectivity index (χ4n) is 3.06. The summed E-state index contributed by atoms with van der Waals surface area (Å²) >= 11 is 0. The third-order valence-corrected chi connectivity index (χ3v) is 4.57. The van der Waals surface area contributed by atoms with E-state index >= 15 is 0 Å². The molecular formula is C20H23N5O2. The molecule has 1 fully saturated rings. The highest BCUT2D eigenvalue weighted by Crippen LogP contribution is 2.17. The van der Waals surface area contributed by atoms with Gasteiger partial charge in [-0.15, -0.1) is 0 Å². The molecule has 2 aromatic rings. The first-order valence-corrected chi connectivity index (χ1v) is 8.98. The van der Waals surface area contributed by atoms with E-state index in [9.17, 15) is 9.59 Å². The topological polar surface area (TPSA) is 101 Å². The van der Waals surface area contributed by atoms with Crippen LogP contribution in [0.15, 0.2) is 53.6 Å². The lowest BCUT2D eigenvalue weighted by atomic mass is 9.98. The maximum Gasteiger partial charge on any atom is 0.289 e. The average molecular weight is 365 g/mol. The number of primary amides is 1. The highest BCUT2D eigenvalue weighted by molar-refractivity contribution is 5.95. The smallest absolute Gasteiger partial charge is 0.289 e. The van der Waals surface area contributed by atoms with Gasteiger partial charge in [0.2, 0.25) is 0 Å². The third-order valence-electron chi connectivity index (χ3n) is 4.57. The first-order chi connectivity index (χ1) is 13.1. The molecule has 1 aromatic heterocycles. The third kappa shape index (κ3) is 5.46. The molecule has 0 saturated carbocycles. The molecule has 3 rings (SSSR count). The van der Waals surface area contributed by atoms with Gasteiger partial charge in [-0.1, -0.05) is 36.4 Å². The predicted octanol–water partition coefficient (Wildman–Crippen LogP) is 1.81. The highest BCUT2D eigenvalue weighted by atomic mass is 16.2. The summed E-state index contributed by atoms with van der Waals surface area (Å²) in [7, 11) is 0. The molecule has 0 unspecified atom stereocenters. The number of hydrogen-bond acceptors (Lipinski definition) is 5. The molecule has 1 aromatic carbocycles. The van der Waals surface area contributed by atoms with E-state index in [4.69, 9.17) is 5.73 Å².